The zero-order valence-corrected chi connectivity index (χ0v) is 17.4. The maximum Gasteiger partial charge on any atom is 0.251 e. The Labute approximate surface area is 173 Å². The van der Waals surface area contributed by atoms with Crippen LogP contribution < -0.4 is 10.6 Å². The number of nitrogens with zero attached hydrogens (tertiary/aromatic N) is 1. The minimum Gasteiger partial charge on any atom is -0.350 e. The van der Waals surface area contributed by atoms with Gasteiger partial charge in [0.05, 0.1) is 0 Å². The van der Waals surface area contributed by atoms with Gasteiger partial charge < -0.3 is 10.6 Å². The van der Waals surface area contributed by atoms with E-state index in [1.54, 1.807) is 31.2 Å². The molecule has 2 aromatic rings. The Bertz CT molecular complexity index is 822. The molecule has 0 saturated carbocycles. The molecule has 154 valence electrons. The summed E-state index contributed by atoms with van der Waals surface area (Å²) >= 11 is 0. The van der Waals surface area contributed by atoms with Crippen molar-refractivity contribution in [1.82, 2.24) is 15.5 Å². The van der Waals surface area contributed by atoms with Gasteiger partial charge in [0.1, 0.15) is 6.04 Å². The van der Waals surface area contributed by atoms with Gasteiger partial charge in [-0.25, -0.2) is 0 Å². The van der Waals surface area contributed by atoms with Crippen LogP contribution in [0.1, 0.15) is 54.6 Å². The summed E-state index contributed by atoms with van der Waals surface area (Å²) in [4.78, 5) is 27.3. The van der Waals surface area contributed by atoms with Gasteiger partial charge in [-0.05, 0) is 56.5 Å². The highest BCUT2D eigenvalue weighted by Gasteiger charge is 2.20. The van der Waals surface area contributed by atoms with E-state index in [4.69, 9.17) is 0 Å². The molecule has 29 heavy (non-hydrogen) atoms. The fourth-order valence-corrected chi connectivity index (χ4v) is 3.77. The average Bonchev–Trinajstić information content (AvgIpc) is 2.75. The molecule has 1 aliphatic rings. The van der Waals surface area contributed by atoms with Gasteiger partial charge >= 0.3 is 0 Å². The number of nitrogens with one attached hydrogen (secondary N) is 2. The van der Waals surface area contributed by atoms with E-state index >= 15 is 0 Å². The molecule has 0 spiro atoms. The molecule has 2 amide bonds. The van der Waals surface area contributed by atoms with Crippen molar-refractivity contribution in [1.29, 1.82) is 0 Å². The van der Waals surface area contributed by atoms with Crippen molar-refractivity contribution < 1.29 is 9.59 Å². The molecule has 3 rings (SSSR count). The van der Waals surface area contributed by atoms with Gasteiger partial charge in [0.2, 0.25) is 5.91 Å². The second-order valence-corrected chi connectivity index (χ2v) is 7.86. The molecule has 1 aliphatic heterocycles. The Morgan fingerprint density at radius 3 is 2.45 bits per heavy atom. The molecule has 1 heterocycles. The number of hydrogen-bond acceptors (Lipinski definition) is 3. The first-order chi connectivity index (χ1) is 14.0. The van der Waals surface area contributed by atoms with Crippen molar-refractivity contribution in [3.8, 4) is 0 Å². The Morgan fingerprint density at radius 1 is 1.03 bits per heavy atom. The van der Waals surface area contributed by atoms with Crippen molar-refractivity contribution >= 4 is 11.8 Å². The van der Waals surface area contributed by atoms with Crippen LogP contribution in [0.3, 0.4) is 0 Å². The Hall–Kier alpha value is -2.66. The average molecular weight is 394 g/mol. The van der Waals surface area contributed by atoms with Gasteiger partial charge in [-0.3, -0.25) is 14.5 Å². The summed E-state index contributed by atoms with van der Waals surface area (Å²) in [6.07, 6.45) is 3.81. The van der Waals surface area contributed by atoms with Crippen molar-refractivity contribution in [2.75, 3.05) is 6.54 Å². The first kappa shape index (κ1) is 21.1. The SMILES string of the molecule is C[C@H](NC(=O)c1ccccc1)C(=O)NCc1ccccc1CN1CCCC[C@H]1C. The van der Waals surface area contributed by atoms with Gasteiger partial charge in [0.15, 0.2) is 0 Å². The van der Waals surface area contributed by atoms with Crippen LogP contribution in [0, 0.1) is 0 Å². The number of rotatable bonds is 7. The largest absolute Gasteiger partial charge is 0.350 e. The van der Waals surface area contributed by atoms with E-state index in [1.807, 2.05) is 12.1 Å². The van der Waals surface area contributed by atoms with E-state index in [0.29, 0.717) is 18.2 Å². The topological polar surface area (TPSA) is 61.4 Å². The molecule has 5 heteroatoms. The molecule has 2 aromatic carbocycles. The third-order valence-corrected chi connectivity index (χ3v) is 5.66. The monoisotopic (exact) mass is 393 g/mol. The Morgan fingerprint density at radius 2 is 1.72 bits per heavy atom. The number of piperidine rings is 1. The molecule has 0 radical (unpaired) electrons. The lowest BCUT2D eigenvalue weighted by atomic mass is 10.0. The third-order valence-electron chi connectivity index (χ3n) is 5.66. The van der Waals surface area contributed by atoms with Crippen LogP contribution in [0.25, 0.3) is 0 Å². The van der Waals surface area contributed by atoms with Gasteiger partial charge in [-0.15, -0.1) is 0 Å². The van der Waals surface area contributed by atoms with Crippen LogP contribution in [0.15, 0.2) is 54.6 Å². The van der Waals surface area contributed by atoms with Gasteiger partial charge in [-0.1, -0.05) is 48.9 Å². The summed E-state index contributed by atoms with van der Waals surface area (Å²) in [5.41, 5.74) is 2.93. The quantitative estimate of drug-likeness (QED) is 0.757. The normalized spacial score (nSPS) is 18.1. The molecular formula is C24H31N3O2. The van der Waals surface area contributed by atoms with Gasteiger partial charge in [-0.2, -0.15) is 0 Å². The summed E-state index contributed by atoms with van der Waals surface area (Å²) in [6.45, 7) is 6.50. The lowest BCUT2D eigenvalue weighted by Crippen LogP contribution is -2.44. The molecule has 1 fully saturated rings. The van der Waals surface area contributed by atoms with E-state index in [-0.39, 0.29) is 11.8 Å². The van der Waals surface area contributed by atoms with E-state index in [0.717, 1.165) is 18.7 Å². The van der Waals surface area contributed by atoms with Crippen LogP contribution in [-0.4, -0.2) is 35.3 Å². The van der Waals surface area contributed by atoms with Gasteiger partial charge in [0.25, 0.3) is 5.91 Å². The number of carbonyl (C=O) groups excluding carboxylic acids is 2. The molecule has 0 bridgehead atoms. The summed E-state index contributed by atoms with van der Waals surface area (Å²) in [5, 5.41) is 5.73. The van der Waals surface area contributed by atoms with E-state index in [1.165, 1.54) is 24.8 Å². The maximum absolute atomic E-state index is 12.5. The van der Waals surface area contributed by atoms with Gasteiger partial charge in [0, 0.05) is 24.7 Å². The fraction of sp³-hybridized carbons (Fsp3) is 0.417. The summed E-state index contributed by atoms with van der Waals surface area (Å²) in [7, 11) is 0. The first-order valence-electron chi connectivity index (χ1n) is 10.5. The molecule has 0 unspecified atom stereocenters. The molecule has 0 aliphatic carbocycles. The number of likely N-dealkylation sites (tertiary alicyclic amines) is 1. The molecular weight excluding hydrogens is 362 g/mol. The smallest absolute Gasteiger partial charge is 0.251 e. The standard InChI is InChI=1S/C24H31N3O2/c1-18-10-8-9-15-27(18)17-22-14-7-6-13-21(22)16-25-23(28)19(2)26-24(29)20-11-4-3-5-12-20/h3-7,11-14,18-19H,8-10,15-17H2,1-2H3,(H,25,28)(H,26,29)/t18-,19+/m1/s1. The number of benzene rings is 2. The zero-order chi connectivity index (χ0) is 20.6. The van der Waals surface area contributed by atoms with E-state index in [9.17, 15) is 9.59 Å². The van der Waals surface area contributed by atoms with Crippen LogP contribution in [0.4, 0.5) is 0 Å². The molecule has 5 nitrogen and oxygen atoms in total. The number of amides is 2. The molecule has 2 atom stereocenters. The maximum atomic E-state index is 12.5. The third kappa shape index (κ3) is 5.91. The first-order valence-corrected chi connectivity index (χ1v) is 10.5. The van der Waals surface area contributed by atoms with Crippen molar-refractivity contribution in [3.63, 3.8) is 0 Å². The Balaban J connectivity index is 1.55. The van der Waals surface area contributed by atoms with Crippen LogP contribution in [0.2, 0.25) is 0 Å². The predicted octanol–water partition coefficient (Wildman–Crippen LogP) is 3.50. The van der Waals surface area contributed by atoms with E-state index < -0.39 is 6.04 Å². The predicted molar refractivity (Wildman–Crippen MR) is 115 cm³/mol. The number of carbonyl (C=O) groups is 2. The Kier molecular flexibility index (Phi) is 7.42. The zero-order valence-electron chi connectivity index (χ0n) is 17.4. The summed E-state index contributed by atoms with van der Waals surface area (Å²) in [6, 6.07) is 17.2. The van der Waals surface area contributed by atoms with E-state index in [2.05, 4.69) is 40.7 Å². The molecule has 0 aromatic heterocycles. The highest BCUT2D eigenvalue weighted by atomic mass is 16.2. The lowest BCUT2D eigenvalue weighted by Gasteiger charge is -2.33. The fourth-order valence-electron chi connectivity index (χ4n) is 3.77. The van der Waals surface area contributed by atoms with Crippen molar-refractivity contribution in [3.05, 3.63) is 71.3 Å². The van der Waals surface area contributed by atoms with Crippen LogP contribution >= 0.6 is 0 Å². The highest BCUT2D eigenvalue weighted by Crippen LogP contribution is 2.20. The summed E-state index contributed by atoms with van der Waals surface area (Å²) < 4.78 is 0. The summed E-state index contributed by atoms with van der Waals surface area (Å²) in [5.74, 6) is -0.428. The van der Waals surface area contributed by atoms with Crippen molar-refractivity contribution in [2.24, 2.45) is 0 Å². The lowest BCUT2D eigenvalue weighted by molar-refractivity contribution is -0.122. The van der Waals surface area contributed by atoms with Crippen LogP contribution in [0.5, 0.6) is 0 Å². The number of hydrogen-bond donors (Lipinski definition) is 2. The minimum absolute atomic E-state index is 0.185. The minimum atomic E-state index is -0.600. The van der Waals surface area contributed by atoms with Crippen molar-refractivity contribution in [2.45, 2.75) is 58.3 Å². The second kappa shape index (κ2) is 10.2. The highest BCUT2D eigenvalue weighted by molar-refractivity contribution is 5.97. The van der Waals surface area contributed by atoms with Crippen LogP contribution in [-0.2, 0) is 17.9 Å². The second-order valence-electron chi connectivity index (χ2n) is 7.86. The molecule has 2 N–H and O–H groups in total. The molecule has 1 saturated heterocycles.